The van der Waals surface area contributed by atoms with Gasteiger partial charge in [0.15, 0.2) is 0 Å². The zero-order valence-electron chi connectivity index (χ0n) is 15.1. The van der Waals surface area contributed by atoms with Crippen LogP contribution in [0.15, 0.2) is 40.3 Å². The predicted molar refractivity (Wildman–Crippen MR) is 94.0 cm³/mol. The number of rotatable bonds is 6. The van der Waals surface area contributed by atoms with Crippen molar-refractivity contribution in [1.82, 2.24) is 14.5 Å². The monoisotopic (exact) mass is 344 g/mol. The maximum atomic E-state index is 12.5. The minimum atomic E-state index is -0.397. The van der Waals surface area contributed by atoms with Gasteiger partial charge in [-0.1, -0.05) is 13.8 Å². The highest BCUT2D eigenvalue weighted by Crippen LogP contribution is 2.37. The van der Waals surface area contributed by atoms with Crippen molar-refractivity contribution in [2.24, 2.45) is 0 Å². The minimum absolute atomic E-state index is 0.375. The van der Waals surface area contributed by atoms with Crippen LogP contribution in [0.25, 0.3) is 0 Å². The molecule has 7 nitrogen and oxygen atoms in total. The van der Waals surface area contributed by atoms with Gasteiger partial charge in [0, 0.05) is 12.2 Å². The lowest BCUT2D eigenvalue weighted by atomic mass is 10.00. The normalized spacial score (nSPS) is 16.8. The lowest BCUT2D eigenvalue weighted by Crippen LogP contribution is -2.31. The molecular formula is C18H24N4O3. The second-order valence-corrected chi connectivity index (χ2v) is 5.98. The maximum Gasteiger partial charge on any atom is 0.338 e. The maximum absolute atomic E-state index is 12.5. The summed E-state index contributed by atoms with van der Waals surface area (Å²) < 4.78 is 12.7. The van der Waals surface area contributed by atoms with Crippen molar-refractivity contribution in [1.29, 1.82) is 0 Å². The van der Waals surface area contributed by atoms with E-state index >= 15 is 0 Å². The number of nitrogens with zero attached hydrogens (tertiary/aromatic N) is 3. The van der Waals surface area contributed by atoms with Gasteiger partial charge in [-0.2, -0.15) is 0 Å². The number of allylic oxidation sites excluding steroid dienone is 1. The Hall–Kier alpha value is -2.54. The fourth-order valence-corrected chi connectivity index (χ4v) is 3.23. The standard InChI is InChI=1S/C18H24N4O3/c1-5-21(6-2)11-13-10-19-18-20-12(3)15(17(23)24-4)16(22(13)18)14-8-7-9-25-14/h7-10,16H,5-6,11H2,1-4H3,(H,19,20). The number of anilines is 1. The van der Waals surface area contributed by atoms with Gasteiger partial charge < -0.3 is 14.5 Å². The lowest BCUT2D eigenvalue weighted by Gasteiger charge is -2.30. The molecule has 0 saturated heterocycles. The number of methoxy groups -OCH3 is 1. The molecule has 1 unspecified atom stereocenters. The Morgan fingerprint density at radius 3 is 2.80 bits per heavy atom. The van der Waals surface area contributed by atoms with Crippen LogP contribution in [0.5, 0.6) is 0 Å². The third kappa shape index (κ3) is 3.07. The van der Waals surface area contributed by atoms with Gasteiger partial charge in [0.05, 0.1) is 30.8 Å². The molecule has 0 radical (unpaired) electrons. The number of ether oxygens (including phenoxy) is 1. The molecule has 0 bridgehead atoms. The highest BCUT2D eigenvalue weighted by atomic mass is 16.5. The predicted octanol–water partition coefficient (Wildman–Crippen LogP) is 2.78. The van der Waals surface area contributed by atoms with Crippen molar-refractivity contribution >= 4 is 11.9 Å². The summed E-state index contributed by atoms with van der Waals surface area (Å²) in [6, 6.07) is 3.30. The zero-order valence-corrected chi connectivity index (χ0v) is 15.1. The fourth-order valence-electron chi connectivity index (χ4n) is 3.23. The number of esters is 1. The van der Waals surface area contributed by atoms with Gasteiger partial charge in [0.1, 0.15) is 11.8 Å². The summed E-state index contributed by atoms with van der Waals surface area (Å²) >= 11 is 0. The topological polar surface area (TPSA) is 72.5 Å². The van der Waals surface area contributed by atoms with Crippen LogP contribution in [-0.4, -0.2) is 40.6 Å². The number of hydrogen-bond acceptors (Lipinski definition) is 6. The second-order valence-electron chi connectivity index (χ2n) is 5.98. The Labute approximate surface area is 147 Å². The van der Waals surface area contributed by atoms with Gasteiger partial charge in [-0.15, -0.1) is 0 Å². The average Bonchev–Trinajstić information content (AvgIpc) is 3.28. The van der Waals surface area contributed by atoms with E-state index < -0.39 is 6.04 Å². The summed E-state index contributed by atoms with van der Waals surface area (Å²) in [5.74, 6) is 1.01. The molecule has 0 aromatic carbocycles. The second kappa shape index (κ2) is 7.14. The number of fused-ring (bicyclic) bond motifs is 1. The first-order valence-corrected chi connectivity index (χ1v) is 8.48. The van der Waals surface area contributed by atoms with Crippen LogP contribution in [0, 0.1) is 0 Å². The molecule has 0 fully saturated rings. The molecule has 25 heavy (non-hydrogen) atoms. The van der Waals surface area contributed by atoms with Crippen LogP contribution in [0.1, 0.15) is 38.3 Å². The number of imidazole rings is 1. The molecule has 134 valence electrons. The minimum Gasteiger partial charge on any atom is -0.467 e. The van der Waals surface area contributed by atoms with Gasteiger partial charge in [0.25, 0.3) is 0 Å². The highest BCUT2D eigenvalue weighted by Gasteiger charge is 2.36. The van der Waals surface area contributed by atoms with Crippen LogP contribution in [0.3, 0.4) is 0 Å². The molecule has 0 aliphatic carbocycles. The lowest BCUT2D eigenvalue weighted by molar-refractivity contribution is -0.136. The van der Waals surface area contributed by atoms with E-state index in [1.165, 1.54) is 7.11 Å². The molecule has 1 aliphatic heterocycles. The Morgan fingerprint density at radius 1 is 1.44 bits per heavy atom. The highest BCUT2D eigenvalue weighted by molar-refractivity contribution is 5.92. The number of carbonyl (C=O) groups excluding carboxylic acids is 1. The van der Waals surface area contributed by atoms with Crippen molar-refractivity contribution in [2.45, 2.75) is 33.4 Å². The van der Waals surface area contributed by atoms with E-state index in [2.05, 4.69) is 29.0 Å². The number of carbonyl (C=O) groups is 1. The van der Waals surface area contributed by atoms with Crippen LogP contribution in [0.4, 0.5) is 5.95 Å². The van der Waals surface area contributed by atoms with E-state index in [-0.39, 0.29) is 5.97 Å². The number of furan rings is 1. The molecule has 1 atom stereocenters. The summed E-state index contributed by atoms with van der Waals surface area (Å²) in [7, 11) is 1.39. The first-order chi connectivity index (χ1) is 12.1. The molecule has 0 saturated carbocycles. The SMILES string of the molecule is CCN(CC)Cc1cnc2n1C(c1ccco1)C(C(=O)OC)=C(C)N2. The Kier molecular flexibility index (Phi) is 4.94. The summed E-state index contributed by atoms with van der Waals surface area (Å²) in [5.41, 5.74) is 2.27. The largest absolute Gasteiger partial charge is 0.467 e. The van der Waals surface area contributed by atoms with E-state index in [9.17, 15) is 4.79 Å². The molecule has 2 aromatic rings. The molecular weight excluding hydrogens is 320 g/mol. The summed E-state index contributed by atoms with van der Waals surface area (Å²) in [6.45, 7) is 8.73. The molecule has 3 rings (SSSR count). The Balaban J connectivity index is 2.11. The third-order valence-corrected chi connectivity index (χ3v) is 4.61. The van der Waals surface area contributed by atoms with Crippen molar-refractivity contribution in [3.63, 3.8) is 0 Å². The molecule has 1 N–H and O–H groups in total. The van der Waals surface area contributed by atoms with E-state index in [1.54, 1.807) is 6.26 Å². The average molecular weight is 344 g/mol. The van der Waals surface area contributed by atoms with E-state index in [4.69, 9.17) is 9.15 Å². The number of aromatic nitrogens is 2. The van der Waals surface area contributed by atoms with Crippen molar-refractivity contribution in [3.05, 3.63) is 47.3 Å². The van der Waals surface area contributed by atoms with Crippen LogP contribution in [-0.2, 0) is 16.1 Å². The molecule has 1 aliphatic rings. The van der Waals surface area contributed by atoms with Crippen LogP contribution < -0.4 is 5.32 Å². The Bertz CT molecular complexity index is 772. The molecule has 3 heterocycles. The third-order valence-electron chi connectivity index (χ3n) is 4.61. The van der Waals surface area contributed by atoms with Crippen molar-refractivity contribution in [3.8, 4) is 0 Å². The summed E-state index contributed by atoms with van der Waals surface area (Å²) in [6.07, 6.45) is 3.46. The van der Waals surface area contributed by atoms with Gasteiger partial charge in [-0.05, 0) is 32.1 Å². The molecule has 0 amide bonds. The molecule has 0 spiro atoms. The summed E-state index contributed by atoms with van der Waals surface area (Å²) in [5, 5.41) is 3.22. The first-order valence-electron chi connectivity index (χ1n) is 8.48. The number of nitrogens with one attached hydrogen (secondary N) is 1. The van der Waals surface area contributed by atoms with E-state index in [1.807, 2.05) is 29.8 Å². The van der Waals surface area contributed by atoms with Gasteiger partial charge in [-0.25, -0.2) is 9.78 Å². The smallest absolute Gasteiger partial charge is 0.338 e. The fraction of sp³-hybridized carbons (Fsp3) is 0.444. The molecule has 7 heteroatoms. The Morgan fingerprint density at radius 2 is 2.20 bits per heavy atom. The zero-order chi connectivity index (χ0) is 18.0. The van der Waals surface area contributed by atoms with Crippen LogP contribution >= 0.6 is 0 Å². The van der Waals surface area contributed by atoms with Gasteiger partial charge in [0.2, 0.25) is 5.95 Å². The summed E-state index contributed by atoms with van der Waals surface area (Å²) in [4.78, 5) is 19.3. The van der Waals surface area contributed by atoms with E-state index in [0.29, 0.717) is 17.3 Å². The molecule has 2 aromatic heterocycles. The van der Waals surface area contributed by atoms with Crippen molar-refractivity contribution in [2.75, 3.05) is 25.5 Å². The van der Waals surface area contributed by atoms with E-state index in [0.717, 1.165) is 31.0 Å². The van der Waals surface area contributed by atoms with Gasteiger partial charge in [-0.3, -0.25) is 9.47 Å². The van der Waals surface area contributed by atoms with Gasteiger partial charge >= 0.3 is 5.97 Å². The van der Waals surface area contributed by atoms with Crippen molar-refractivity contribution < 1.29 is 13.9 Å². The number of hydrogen-bond donors (Lipinski definition) is 1. The first kappa shape index (κ1) is 17.3. The van der Waals surface area contributed by atoms with Crippen LogP contribution in [0.2, 0.25) is 0 Å². The quantitative estimate of drug-likeness (QED) is 0.813.